The minimum absolute atomic E-state index is 0.0836. The van der Waals surface area contributed by atoms with Gasteiger partial charge < -0.3 is 15.9 Å². The lowest BCUT2D eigenvalue weighted by molar-refractivity contribution is -0.137. The van der Waals surface area contributed by atoms with Gasteiger partial charge in [-0.1, -0.05) is 6.07 Å². The summed E-state index contributed by atoms with van der Waals surface area (Å²) < 4.78 is 37.6. The third kappa shape index (κ3) is 3.24. The van der Waals surface area contributed by atoms with Crippen LogP contribution in [0.1, 0.15) is 17.2 Å². The molecule has 0 aromatic heterocycles. The van der Waals surface area contributed by atoms with Gasteiger partial charge in [0.25, 0.3) is 0 Å². The molecule has 0 aliphatic carbocycles. The van der Waals surface area contributed by atoms with Gasteiger partial charge >= 0.3 is 6.18 Å². The van der Waals surface area contributed by atoms with Crippen LogP contribution in [0.25, 0.3) is 0 Å². The molecule has 0 aliphatic rings. The van der Waals surface area contributed by atoms with Crippen molar-refractivity contribution in [3.8, 4) is 0 Å². The van der Waals surface area contributed by atoms with Crippen LogP contribution in [0.3, 0.4) is 0 Å². The predicted octanol–water partition coefficient (Wildman–Crippen LogP) is 1.92. The fraction of sp³-hybridized carbons (Fsp3) is 0.400. The molecule has 1 aromatic rings. The minimum atomic E-state index is -4.61. The molecule has 0 saturated heterocycles. The van der Waals surface area contributed by atoms with E-state index >= 15 is 0 Å². The zero-order valence-corrected chi connectivity index (χ0v) is 9.33. The monoisotopic (exact) mass is 269 g/mol. The van der Waals surface area contributed by atoms with Crippen molar-refractivity contribution in [2.45, 2.75) is 18.4 Å². The minimum Gasteiger partial charge on any atom is -0.398 e. The molecular weight excluding hydrogens is 259 g/mol. The molecule has 2 unspecified atom stereocenters. The highest BCUT2D eigenvalue weighted by Crippen LogP contribution is 2.35. The van der Waals surface area contributed by atoms with Crippen LogP contribution >= 0.6 is 11.6 Å². The van der Waals surface area contributed by atoms with Crippen LogP contribution in [0, 0.1) is 0 Å². The van der Waals surface area contributed by atoms with E-state index in [0.717, 1.165) is 6.07 Å². The van der Waals surface area contributed by atoms with Crippen molar-refractivity contribution >= 4 is 17.3 Å². The molecule has 0 radical (unpaired) electrons. The van der Waals surface area contributed by atoms with E-state index in [4.69, 9.17) is 17.3 Å². The number of aliphatic hydroxyl groups is 2. The lowest BCUT2D eigenvalue weighted by Gasteiger charge is -2.18. The quantitative estimate of drug-likeness (QED) is 0.580. The fourth-order valence-electron chi connectivity index (χ4n) is 1.31. The number of anilines is 1. The van der Waals surface area contributed by atoms with Crippen molar-refractivity contribution in [1.82, 2.24) is 0 Å². The number of hydrogen-bond donors (Lipinski definition) is 3. The number of aliphatic hydroxyl groups excluding tert-OH is 2. The van der Waals surface area contributed by atoms with Gasteiger partial charge in [-0.05, 0) is 17.7 Å². The topological polar surface area (TPSA) is 66.5 Å². The second kappa shape index (κ2) is 5.12. The van der Waals surface area contributed by atoms with Gasteiger partial charge in [0.1, 0.15) is 6.10 Å². The van der Waals surface area contributed by atoms with Crippen LogP contribution in [0.5, 0.6) is 0 Å². The Morgan fingerprint density at radius 3 is 2.35 bits per heavy atom. The average molecular weight is 270 g/mol. The molecule has 4 N–H and O–H groups in total. The molecular formula is C10H11ClF3NO2. The van der Waals surface area contributed by atoms with Crippen molar-refractivity contribution < 1.29 is 23.4 Å². The average Bonchev–Trinajstić information content (AvgIpc) is 2.26. The molecule has 0 heterocycles. The molecule has 3 nitrogen and oxygen atoms in total. The van der Waals surface area contributed by atoms with Gasteiger partial charge in [0.15, 0.2) is 0 Å². The van der Waals surface area contributed by atoms with E-state index < -0.39 is 29.6 Å². The van der Waals surface area contributed by atoms with Crippen molar-refractivity contribution in [2.24, 2.45) is 0 Å². The van der Waals surface area contributed by atoms with E-state index in [1.54, 1.807) is 0 Å². The van der Waals surface area contributed by atoms with Crippen LogP contribution in [-0.4, -0.2) is 22.2 Å². The Labute approximate surface area is 101 Å². The number of rotatable bonds is 3. The molecule has 0 spiro atoms. The first-order valence-electron chi connectivity index (χ1n) is 4.66. The number of hydrogen-bond acceptors (Lipinski definition) is 3. The summed E-state index contributed by atoms with van der Waals surface area (Å²) in [5.74, 6) is -0.285. The number of alkyl halides is 4. The SMILES string of the molecule is Nc1ccc(C(O)C(O)CCl)cc1C(F)(F)F. The van der Waals surface area contributed by atoms with E-state index in [-0.39, 0.29) is 11.4 Å². The van der Waals surface area contributed by atoms with E-state index in [9.17, 15) is 23.4 Å². The molecule has 7 heteroatoms. The molecule has 0 aliphatic heterocycles. The summed E-state index contributed by atoms with van der Waals surface area (Å²) in [5, 5.41) is 18.8. The largest absolute Gasteiger partial charge is 0.418 e. The highest BCUT2D eigenvalue weighted by atomic mass is 35.5. The number of halogens is 4. The standard InChI is InChI=1S/C10H11ClF3NO2/c11-4-8(16)9(17)5-1-2-7(15)6(3-5)10(12,13)14/h1-3,8-9,16-17H,4,15H2. The molecule has 0 saturated carbocycles. The van der Waals surface area contributed by atoms with Gasteiger partial charge in [0, 0.05) is 5.69 Å². The summed E-state index contributed by atoms with van der Waals surface area (Å²) in [6, 6.07) is 2.95. The Bertz CT molecular complexity index is 398. The second-order valence-corrected chi connectivity index (χ2v) is 3.82. The molecule has 0 bridgehead atoms. The molecule has 0 fully saturated rings. The summed E-state index contributed by atoms with van der Waals surface area (Å²) in [6.07, 6.45) is -7.42. The van der Waals surface area contributed by atoms with Crippen LogP contribution < -0.4 is 5.73 Å². The zero-order valence-electron chi connectivity index (χ0n) is 8.58. The predicted molar refractivity (Wildman–Crippen MR) is 57.5 cm³/mol. The van der Waals surface area contributed by atoms with Crippen LogP contribution in [0.15, 0.2) is 18.2 Å². The maximum absolute atomic E-state index is 12.5. The summed E-state index contributed by atoms with van der Waals surface area (Å²) in [5.41, 5.74) is 3.63. The molecule has 17 heavy (non-hydrogen) atoms. The van der Waals surface area contributed by atoms with Gasteiger partial charge in [-0.25, -0.2) is 0 Å². The smallest absolute Gasteiger partial charge is 0.398 e. The third-order valence-corrected chi connectivity index (χ3v) is 2.56. The summed E-state index contributed by atoms with van der Waals surface area (Å²) in [7, 11) is 0. The van der Waals surface area contributed by atoms with Gasteiger partial charge in [-0.2, -0.15) is 13.2 Å². The summed E-state index contributed by atoms with van der Waals surface area (Å²) in [6.45, 7) is 0. The van der Waals surface area contributed by atoms with Gasteiger partial charge in [0.2, 0.25) is 0 Å². The summed E-state index contributed by atoms with van der Waals surface area (Å²) in [4.78, 5) is 0. The molecule has 2 atom stereocenters. The molecule has 1 rings (SSSR count). The number of benzene rings is 1. The summed E-state index contributed by atoms with van der Waals surface area (Å²) >= 11 is 5.30. The highest BCUT2D eigenvalue weighted by molar-refractivity contribution is 6.18. The number of nitrogen functional groups attached to an aromatic ring is 1. The Balaban J connectivity index is 3.13. The normalized spacial score (nSPS) is 15.6. The van der Waals surface area contributed by atoms with Gasteiger partial charge in [-0.3, -0.25) is 0 Å². The first-order valence-corrected chi connectivity index (χ1v) is 5.19. The van der Waals surface area contributed by atoms with Gasteiger partial charge in [-0.15, -0.1) is 11.6 Å². The van der Waals surface area contributed by atoms with Crippen molar-refractivity contribution in [1.29, 1.82) is 0 Å². The molecule has 96 valence electrons. The second-order valence-electron chi connectivity index (χ2n) is 3.51. The third-order valence-electron chi connectivity index (χ3n) is 2.25. The van der Waals surface area contributed by atoms with Crippen LogP contribution in [-0.2, 0) is 6.18 Å². The Hall–Kier alpha value is -0.980. The lowest BCUT2D eigenvalue weighted by Crippen LogP contribution is -2.20. The Morgan fingerprint density at radius 1 is 1.29 bits per heavy atom. The molecule has 1 aromatic carbocycles. The van der Waals surface area contributed by atoms with E-state index in [1.165, 1.54) is 6.07 Å². The fourth-order valence-corrected chi connectivity index (χ4v) is 1.48. The maximum Gasteiger partial charge on any atom is 0.418 e. The Kier molecular flexibility index (Phi) is 4.24. The van der Waals surface area contributed by atoms with E-state index in [0.29, 0.717) is 6.07 Å². The molecule has 0 amide bonds. The van der Waals surface area contributed by atoms with Crippen molar-refractivity contribution in [3.63, 3.8) is 0 Å². The number of nitrogens with two attached hydrogens (primary N) is 1. The van der Waals surface area contributed by atoms with Crippen molar-refractivity contribution in [2.75, 3.05) is 11.6 Å². The van der Waals surface area contributed by atoms with Gasteiger partial charge in [0.05, 0.1) is 17.5 Å². The van der Waals surface area contributed by atoms with E-state index in [1.807, 2.05) is 0 Å². The highest BCUT2D eigenvalue weighted by Gasteiger charge is 2.34. The lowest BCUT2D eigenvalue weighted by atomic mass is 10.0. The Morgan fingerprint density at radius 2 is 1.88 bits per heavy atom. The zero-order chi connectivity index (χ0) is 13.2. The maximum atomic E-state index is 12.5. The first-order chi connectivity index (χ1) is 7.77. The van der Waals surface area contributed by atoms with Crippen molar-refractivity contribution in [3.05, 3.63) is 29.3 Å². The van der Waals surface area contributed by atoms with Crippen LogP contribution in [0.4, 0.5) is 18.9 Å². The van der Waals surface area contributed by atoms with Crippen LogP contribution in [0.2, 0.25) is 0 Å². The van der Waals surface area contributed by atoms with E-state index in [2.05, 4.69) is 0 Å². The first kappa shape index (κ1) is 14.1.